The molecule has 0 aliphatic rings. The zero-order valence-electron chi connectivity index (χ0n) is 9.38. The van der Waals surface area contributed by atoms with Crippen molar-refractivity contribution in [2.45, 2.75) is 0 Å². The lowest BCUT2D eigenvalue weighted by molar-refractivity contribution is -0.385. The van der Waals surface area contributed by atoms with Gasteiger partial charge in [0.25, 0.3) is 0 Å². The van der Waals surface area contributed by atoms with Gasteiger partial charge in [-0.2, -0.15) is 0 Å². The number of hydrogen-bond acceptors (Lipinski definition) is 5. The highest BCUT2D eigenvalue weighted by Crippen LogP contribution is 2.27. The van der Waals surface area contributed by atoms with Gasteiger partial charge in [-0.15, -0.1) is 0 Å². The monoisotopic (exact) mass is 237 g/mol. The molecule has 0 bridgehead atoms. The van der Waals surface area contributed by atoms with Gasteiger partial charge in [-0.05, 0) is 23.8 Å². The molecule has 0 saturated carbocycles. The molecular weight excluding hydrogens is 226 g/mol. The summed E-state index contributed by atoms with van der Waals surface area (Å²) in [5, 5.41) is 10.6. The summed E-state index contributed by atoms with van der Waals surface area (Å²) < 4.78 is 9.31. The maximum Gasteiger partial charge on any atom is 0.330 e. The van der Waals surface area contributed by atoms with Gasteiger partial charge >= 0.3 is 11.7 Å². The van der Waals surface area contributed by atoms with Crippen molar-refractivity contribution in [2.24, 2.45) is 0 Å². The fraction of sp³-hybridized carbons (Fsp3) is 0.182. The molecule has 6 heteroatoms. The average molecular weight is 237 g/mol. The first-order valence-electron chi connectivity index (χ1n) is 4.67. The molecule has 0 radical (unpaired) electrons. The van der Waals surface area contributed by atoms with Gasteiger partial charge in [0.15, 0.2) is 5.75 Å². The van der Waals surface area contributed by atoms with E-state index in [1.54, 1.807) is 0 Å². The highest BCUT2D eigenvalue weighted by Gasteiger charge is 2.13. The summed E-state index contributed by atoms with van der Waals surface area (Å²) in [4.78, 5) is 21.0. The number of nitrogens with zero attached hydrogens (tertiary/aromatic N) is 1. The number of ether oxygens (including phenoxy) is 2. The molecular formula is C11H11NO5. The van der Waals surface area contributed by atoms with E-state index < -0.39 is 10.9 Å². The normalized spacial score (nSPS) is 10.2. The lowest BCUT2D eigenvalue weighted by Gasteiger charge is -2.02. The SMILES string of the molecule is COC(=O)/C=C/c1ccc([N+](=O)[O-])c(OC)c1. The highest BCUT2D eigenvalue weighted by molar-refractivity contribution is 5.87. The van der Waals surface area contributed by atoms with Gasteiger partial charge in [0, 0.05) is 12.1 Å². The van der Waals surface area contributed by atoms with E-state index in [1.807, 2.05) is 0 Å². The van der Waals surface area contributed by atoms with Crippen LogP contribution in [0.4, 0.5) is 5.69 Å². The zero-order valence-corrected chi connectivity index (χ0v) is 9.38. The third kappa shape index (κ3) is 3.30. The van der Waals surface area contributed by atoms with Crippen molar-refractivity contribution < 1.29 is 19.2 Å². The van der Waals surface area contributed by atoms with Gasteiger partial charge in [0.2, 0.25) is 0 Å². The van der Waals surface area contributed by atoms with Crippen molar-refractivity contribution in [3.8, 4) is 5.75 Å². The second-order valence-electron chi connectivity index (χ2n) is 3.04. The predicted octanol–water partition coefficient (Wildman–Crippen LogP) is 1.79. The summed E-state index contributed by atoms with van der Waals surface area (Å²) in [6.45, 7) is 0. The topological polar surface area (TPSA) is 78.7 Å². The number of benzene rings is 1. The molecule has 0 amide bonds. The molecule has 0 aromatic heterocycles. The first kappa shape index (κ1) is 12.7. The smallest absolute Gasteiger partial charge is 0.330 e. The van der Waals surface area contributed by atoms with Crippen molar-refractivity contribution >= 4 is 17.7 Å². The Morgan fingerprint density at radius 2 is 2.12 bits per heavy atom. The second kappa shape index (κ2) is 5.64. The Balaban J connectivity index is 3.01. The highest BCUT2D eigenvalue weighted by atomic mass is 16.6. The van der Waals surface area contributed by atoms with Crippen molar-refractivity contribution in [3.05, 3.63) is 40.0 Å². The summed E-state index contributed by atoms with van der Waals surface area (Å²) in [6.07, 6.45) is 2.71. The molecule has 0 heterocycles. The van der Waals surface area contributed by atoms with Crippen LogP contribution in [0.2, 0.25) is 0 Å². The molecule has 0 spiro atoms. The Kier molecular flexibility index (Phi) is 4.21. The number of hydrogen-bond donors (Lipinski definition) is 0. The maximum absolute atomic E-state index is 10.9. The predicted molar refractivity (Wildman–Crippen MR) is 60.7 cm³/mol. The summed E-state index contributed by atoms with van der Waals surface area (Å²) >= 11 is 0. The van der Waals surface area contributed by atoms with Crippen LogP contribution >= 0.6 is 0 Å². The molecule has 6 nitrogen and oxygen atoms in total. The molecule has 1 aromatic rings. The molecule has 0 N–H and O–H groups in total. The third-order valence-electron chi connectivity index (χ3n) is 2.01. The Bertz CT molecular complexity index is 467. The van der Waals surface area contributed by atoms with E-state index in [0.717, 1.165) is 0 Å². The maximum atomic E-state index is 10.9. The molecule has 0 fully saturated rings. The van der Waals surface area contributed by atoms with Crippen LogP contribution in [0.5, 0.6) is 5.75 Å². The molecule has 0 unspecified atom stereocenters. The van der Waals surface area contributed by atoms with Gasteiger partial charge in [-0.25, -0.2) is 4.79 Å². The van der Waals surface area contributed by atoms with Gasteiger partial charge < -0.3 is 9.47 Å². The fourth-order valence-electron chi connectivity index (χ4n) is 1.18. The largest absolute Gasteiger partial charge is 0.490 e. The van der Waals surface area contributed by atoms with Gasteiger partial charge in [0.05, 0.1) is 19.1 Å². The Labute approximate surface area is 97.6 Å². The van der Waals surface area contributed by atoms with Crippen LogP contribution < -0.4 is 4.74 Å². The van der Waals surface area contributed by atoms with E-state index >= 15 is 0 Å². The number of nitro groups is 1. The number of nitro benzene ring substituents is 1. The zero-order chi connectivity index (χ0) is 12.8. The second-order valence-corrected chi connectivity index (χ2v) is 3.04. The number of rotatable bonds is 4. The van der Waals surface area contributed by atoms with E-state index in [4.69, 9.17) is 4.74 Å². The molecule has 0 saturated heterocycles. The van der Waals surface area contributed by atoms with Crippen LogP contribution in [0.25, 0.3) is 6.08 Å². The van der Waals surface area contributed by atoms with Crippen LogP contribution in [-0.4, -0.2) is 25.1 Å². The Morgan fingerprint density at radius 3 is 2.65 bits per heavy atom. The molecule has 90 valence electrons. The number of esters is 1. The van der Waals surface area contributed by atoms with Gasteiger partial charge in [-0.3, -0.25) is 10.1 Å². The molecule has 0 aliphatic carbocycles. The number of methoxy groups -OCH3 is 2. The van der Waals surface area contributed by atoms with Crippen LogP contribution in [0.3, 0.4) is 0 Å². The first-order valence-corrected chi connectivity index (χ1v) is 4.67. The molecule has 17 heavy (non-hydrogen) atoms. The van der Waals surface area contributed by atoms with E-state index in [1.165, 1.54) is 44.6 Å². The average Bonchev–Trinajstić information content (AvgIpc) is 2.35. The third-order valence-corrected chi connectivity index (χ3v) is 2.01. The summed E-state index contributed by atoms with van der Waals surface area (Å²) in [6, 6.07) is 4.30. The molecule has 0 atom stereocenters. The number of carbonyl (C=O) groups is 1. The van der Waals surface area contributed by atoms with Crippen LogP contribution in [-0.2, 0) is 9.53 Å². The van der Waals surface area contributed by atoms with Crippen molar-refractivity contribution in [1.82, 2.24) is 0 Å². The first-order chi connectivity index (χ1) is 8.08. The van der Waals surface area contributed by atoms with E-state index in [2.05, 4.69) is 4.74 Å². The van der Waals surface area contributed by atoms with Gasteiger partial charge in [-0.1, -0.05) is 0 Å². The van der Waals surface area contributed by atoms with Crippen molar-refractivity contribution in [1.29, 1.82) is 0 Å². The van der Waals surface area contributed by atoms with E-state index in [0.29, 0.717) is 5.56 Å². The lowest BCUT2D eigenvalue weighted by atomic mass is 10.2. The van der Waals surface area contributed by atoms with Gasteiger partial charge in [0.1, 0.15) is 0 Å². The Morgan fingerprint density at radius 1 is 1.41 bits per heavy atom. The number of carbonyl (C=O) groups excluding carboxylic acids is 1. The van der Waals surface area contributed by atoms with Crippen LogP contribution in [0.1, 0.15) is 5.56 Å². The minimum absolute atomic E-state index is 0.122. The summed E-state index contributed by atoms with van der Waals surface area (Å²) in [5.41, 5.74) is 0.487. The molecule has 1 rings (SSSR count). The van der Waals surface area contributed by atoms with Crippen molar-refractivity contribution in [3.63, 3.8) is 0 Å². The summed E-state index contributed by atoms with van der Waals surface area (Å²) in [7, 11) is 2.61. The standard InChI is InChI=1S/C11H11NO5/c1-16-10-7-8(4-6-11(13)17-2)3-5-9(10)12(14)15/h3-7H,1-2H3/b6-4+. The molecule has 1 aromatic carbocycles. The van der Waals surface area contributed by atoms with Crippen LogP contribution in [0.15, 0.2) is 24.3 Å². The molecule has 0 aliphatic heterocycles. The lowest BCUT2D eigenvalue weighted by Crippen LogP contribution is -1.95. The minimum atomic E-state index is -0.535. The van der Waals surface area contributed by atoms with E-state index in [9.17, 15) is 14.9 Å². The van der Waals surface area contributed by atoms with Crippen molar-refractivity contribution in [2.75, 3.05) is 14.2 Å². The fourth-order valence-corrected chi connectivity index (χ4v) is 1.18. The summed E-state index contributed by atoms with van der Waals surface area (Å²) in [5.74, 6) is -0.357. The Hall–Kier alpha value is -2.37. The van der Waals surface area contributed by atoms with E-state index in [-0.39, 0.29) is 11.4 Å². The quantitative estimate of drug-likeness (QED) is 0.345. The minimum Gasteiger partial charge on any atom is -0.490 e. The van der Waals surface area contributed by atoms with Crippen LogP contribution in [0, 0.1) is 10.1 Å².